The third kappa shape index (κ3) is 3.63. The first kappa shape index (κ1) is 15.1. The van der Waals surface area contributed by atoms with Crippen molar-refractivity contribution in [3.63, 3.8) is 0 Å². The van der Waals surface area contributed by atoms with E-state index in [0.29, 0.717) is 30.6 Å². The van der Waals surface area contributed by atoms with E-state index in [9.17, 15) is 9.59 Å². The lowest BCUT2D eigenvalue weighted by Crippen LogP contribution is -2.29. The number of aryl methyl sites for hydroxylation is 1. The minimum absolute atomic E-state index is 0.176. The summed E-state index contributed by atoms with van der Waals surface area (Å²) in [5, 5.41) is 8.82. The van der Waals surface area contributed by atoms with Crippen molar-refractivity contribution in [2.45, 2.75) is 32.3 Å². The van der Waals surface area contributed by atoms with Gasteiger partial charge in [0.2, 0.25) is 5.91 Å². The van der Waals surface area contributed by atoms with Crippen molar-refractivity contribution >= 4 is 11.9 Å². The van der Waals surface area contributed by atoms with E-state index in [1.165, 1.54) is 6.07 Å². The lowest BCUT2D eigenvalue weighted by molar-refractivity contribution is -0.127. The molecule has 2 rings (SSSR count). The number of ether oxygens (including phenoxy) is 1. The van der Waals surface area contributed by atoms with Gasteiger partial charge < -0.3 is 14.2 Å². The average molecular weight is 289 g/mol. The SMILES string of the molecule is C[C@H](CCN1CCCC1=O)OC(=O)c1cc(C#N)cn1C. The fourth-order valence-corrected chi connectivity index (χ4v) is 2.41. The number of carbonyl (C=O) groups is 2. The van der Waals surface area contributed by atoms with Gasteiger partial charge in [-0.15, -0.1) is 0 Å². The van der Waals surface area contributed by atoms with Gasteiger partial charge in [0, 0.05) is 39.2 Å². The highest BCUT2D eigenvalue weighted by molar-refractivity contribution is 5.88. The largest absolute Gasteiger partial charge is 0.458 e. The Morgan fingerprint density at radius 3 is 2.90 bits per heavy atom. The maximum absolute atomic E-state index is 12.0. The topological polar surface area (TPSA) is 75.3 Å². The molecule has 0 aromatic carbocycles. The zero-order valence-electron chi connectivity index (χ0n) is 12.3. The summed E-state index contributed by atoms with van der Waals surface area (Å²) in [6, 6.07) is 3.50. The van der Waals surface area contributed by atoms with Crippen molar-refractivity contribution in [3.05, 3.63) is 23.5 Å². The molecule has 112 valence electrons. The van der Waals surface area contributed by atoms with E-state index in [0.717, 1.165) is 13.0 Å². The van der Waals surface area contributed by atoms with Crippen LogP contribution in [0, 0.1) is 11.3 Å². The molecule has 2 heterocycles. The van der Waals surface area contributed by atoms with Crippen LogP contribution in [0.15, 0.2) is 12.3 Å². The highest BCUT2D eigenvalue weighted by Crippen LogP contribution is 2.13. The molecule has 0 N–H and O–H groups in total. The van der Waals surface area contributed by atoms with E-state index in [2.05, 4.69) is 0 Å². The molecule has 0 bridgehead atoms. The van der Waals surface area contributed by atoms with Gasteiger partial charge in [0.25, 0.3) is 0 Å². The van der Waals surface area contributed by atoms with E-state index < -0.39 is 5.97 Å². The number of likely N-dealkylation sites (tertiary alicyclic amines) is 1. The van der Waals surface area contributed by atoms with E-state index >= 15 is 0 Å². The Kier molecular flexibility index (Phi) is 4.63. The molecule has 0 saturated carbocycles. The maximum Gasteiger partial charge on any atom is 0.355 e. The highest BCUT2D eigenvalue weighted by atomic mass is 16.5. The van der Waals surface area contributed by atoms with Crippen LogP contribution in [0.4, 0.5) is 0 Å². The Hall–Kier alpha value is -2.29. The van der Waals surface area contributed by atoms with Gasteiger partial charge in [0.1, 0.15) is 17.9 Å². The second-order valence-electron chi connectivity index (χ2n) is 5.33. The Bertz CT molecular complexity index is 585. The number of nitrogens with zero attached hydrogens (tertiary/aromatic N) is 3. The molecule has 6 nitrogen and oxygen atoms in total. The van der Waals surface area contributed by atoms with Crippen LogP contribution in [0.2, 0.25) is 0 Å². The van der Waals surface area contributed by atoms with Crippen molar-refractivity contribution in [1.29, 1.82) is 5.26 Å². The molecule has 1 amide bonds. The summed E-state index contributed by atoms with van der Waals surface area (Å²) >= 11 is 0. The molecule has 0 spiro atoms. The lowest BCUT2D eigenvalue weighted by atomic mass is 10.2. The van der Waals surface area contributed by atoms with Crippen LogP contribution in [0.1, 0.15) is 42.2 Å². The smallest absolute Gasteiger partial charge is 0.355 e. The van der Waals surface area contributed by atoms with Crippen LogP contribution < -0.4 is 0 Å². The number of hydrogen-bond donors (Lipinski definition) is 0. The number of rotatable bonds is 5. The maximum atomic E-state index is 12.0. The van der Waals surface area contributed by atoms with Gasteiger partial charge >= 0.3 is 5.97 Å². The monoisotopic (exact) mass is 289 g/mol. The molecule has 1 aromatic rings. The molecular formula is C15H19N3O3. The van der Waals surface area contributed by atoms with E-state index in [1.807, 2.05) is 13.0 Å². The number of nitriles is 1. The molecule has 0 aliphatic carbocycles. The molecule has 0 radical (unpaired) electrons. The third-order valence-electron chi connectivity index (χ3n) is 3.63. The Morgan fingerprint density at radius 1 is 1.57 bits per heavy atom. The summed E-state index contributed by atoms with van der Waals surface area (Å²) in [6.45, 7) is 3.22. The molecule has 1 fully saturated rings. The normalized spacial score (nSPS) is 15.9. The summed E-state index contributed by atoms with van der Waals surface area (Å²) in [7, 11) is 1.70. The molecule has 21 heavy (non-hydrogen) atoms. The fourth-order valence-electron chi connectivity index (χ4n) is 2.41. The molecule has 6 heteroatoms. The number of hydrogen-bond acceptors (Lipinski definition) is 4. The van der Waals surface area contributed by atoms with E-state index in [-0.39, 0.29) is 12.0 Å². The minimum Gasteiger partial charge on any atom is -0.458 e. The minimum atomic E-state index is -0.445. The predicted molar refractivity (Wildman–Crippen MR) is 75.4 cm³/mol. The van der Waals surface area contributed by atoms with Gasteiger partial charge in [-0.2, -0.15) is 5.26 Å². The summed E-state index contributed by atoms with van der Waals surface area (Å²) in [4.78, 5) is 25.3. The second-order valence-corrected chi connectivity index (χ2v) is 5.33. The Labute approximate surface area is 123 Å². The molecular weight excluding hydrogens is 270 g/mol. The quantitative estimate of drug-likeness (QED) is 0.769. The predicted octanol–water partition coefficient (Wildman–Crippen LogP) is 1.45. The van der Waals surface area contributed by atoms with Crippen LogP contribution in [-0.4, -0.2) is 40.5 Å². The van der Waals surface area contributed by atoms with Gasteiger partial charge in [-0.3, -0.25) is 4.79 Å². The van der Waals surface area contributed by atoms with E-state index in [4.69, 9.17) is 10.00 Å². The zero-order chi connectivity index (χ0) is 15.4. The molecule has 1 atom stereocenters. The first-order valence-electron chi connectivity index (χ1n) is 7.06. The van der Waals surface area contributed by atoms with Gasteiger partial charge in [0.05, 0.1) is 5.56 Å². The average Bonchev–Trinajstić information content (AvgIpc) is 3.02. The third-order valence-corrected chi connectivity index (χ3v) is 3.63. The van der Waals surface area contributed by atoms with Crippen molar-refractivity contribution in [2.75, 3.05) is 13.1 Å². The molecule has 1 aliphatic rings. The standard InChI is InChI=1S/C15H19N3O3/c1-11(5-7-18-6-3-4-14(18)19)21-15(20)13-8-12(9-16)10-17(13)2/h8,10-11H,3-7H2,1-2H3/t11-/m1/s1. The second kappa shape index (κ2) is 6.44. The molecule has 1 aromatic heterocycles. The van der Waals surface area contributed by atoms with Crippen molar-refractivity contribution in [2.24, 2.45) is 7.05 Å². The number of amides is 1. The van der Waals surface area contributed by atoms with Crippen LogP contribution in [0.3, 0.4) is 0 Å². The summed E-state index contributed by atoms with van der Waals surface area (Å²) in [6.07, 6.45) is 3.46. The van der Waals surface area contributed by atoms with Crippen LogP contribution in [-0.2, 0) is 16.6 Å². The number of esters is 1. The summed E-state index contributed by atoms with van der Waals surface area (Å²) in [5.41, 5.74) is 0.787. The highest BCUT2D eigenvalue weighted by Gasteiger charge is 2.22. The van der Waals surface area contributed by atoms with Crippen LogP contribution in [0.5, 0.6) is 0 Å². The fraction of sp³-hybridized carbons (Fsp3) is 0.533. The van der Waals surface area contributed by atoms with Crippen molar-refractivity contribution in [3.8, 4) is 6.07 Å². The van der Waals surface area contributed by atoms with Crippen LogP contribution >= 0.6 is 0 Å². The lowest BCUT2D eigenvalue weighted by Gasteiger charge is -2.19. The van der Waals surface area contributed by atoms with Gasteiger partial charge in [-0.25, -0.2) is 4.79 Å². The number of aromatic nitrogens is 1. The van der Waals surface area contributed by atoms with Gasteiger partial charge in [-0.1, -0.05) is 0 Å². The van der Waals surface area contributed by atoms with Crippen LogP contribution in [0.25, 0.3) is 0 Å². The van der Waals surface area contributed by atoms with Crippen molar-refractivity contribution in [1.82, 2.24) is 9.47 Å². The van der Waals surface area contributed by atoms with Gasteiger partial charge in [-0.05, 0) is 19.4 Å². The Balaban J connectivity index is 1.85. The first-order chi connectivity index (χ1) is 10.0. The Morgan fingerprint density at radius 2 is 2.33 bits per heavy atom. The van der Waals surface area contributed by atoms with E-state index in [1.54, 1.807) is 22.7 Å². The number of carbonyl (C=O) groups excluding carboxylic acids is 2. The molecule has 1 aliphatic heterocycles. The first-order valence-corrected chi connectivity index (χ1v) is 7.06. The molecule has 0 unspecified atom stereocenters. The molecule has 1 saturated heterocycles. The summed E-state index contributed by atoms with van der Waals surface area (Å²) in [5.74, 6) is -0.270. The summed E-state index contributed by atoms with van der Waals surface area (Å²) < 4.78 is 6.94. The van der Waals surface area contributed by atoms with Crippen molar-refractivity contribution < 1.29 is 14.3 Å². The van der Waals surface area contributed by atoms with Gasteiger partial charge in [0.15, 0.2) is 0 Å². The zero-order valence-corrected chi connectivity index (χ0v) is 12.3.